The molecule has 4 aromatic rings. The van der Waals surface area contributed by atoms with Gasteiger partial charge in [0, 0.05) is 18.3 Å². The quantitative estimate of drug-likeness (QED) is 0.187. The van der Waals surface area contributed by atoms with Crippen molar-refractivity contribution in [3.05, 3.63) is 66.0 Å². The third-order valence-corrected chi connectivity index (χ3v) is 7.08. The van der Waals surface area contributed by atoms with E-state index in [2.05, 4.69) is 31.9 Å². The lowest BCUT2D eigenvalue weighted by atomic mass is 10.1. The molecule has 0 aliphatic rings. The number of aromatic nitrogens is 4. The molecule has 39 heavy (non-hydrogen) atoms. The lowest BCUT2D eigenvalue weighted by molar-refractivity contribution is -0.117. The van der Waals surface area contributed by atoms with Gasteiger partial charge < -0.3 is 19.5 Å². The van der Waals surface area contributed by atoms with E-state index in [1.807, 2.05) is 0 Å². The number of aromatic amines is 1. The van der Waals surface area contributed by atoms with Crippen molar-refractivity contribution < 1.29 is 27.4 Å². The third-order valence-electron chi connectivity index (χ3n) is 5.68. The largest absolute Gasteiger partial charge is 0.496 e. The van der Waals surface area contributed by atoms with Gasteiger partial charge in [-0.3, -0.25) is 19.3 Å². The predicted molar refractivity (Wildman–Crippen MR) is 141 cm³/mol. The molecule has 1 amide bonds. The predicted octanol–water partition coefficient (Wildman–Crippen LogP) is 2.33. The van der Waals surface area contributed by atoms with Gasteiger partial charge in [-0.25, -0.2) is 8.42 Å². The highest BCUT2D eigenvalue weighted by atomic mass is 32.2. The first-order chi connectivity index (χ1) is 18.7. The number of carbonyl (C=O) groups excluding carboxylic acids is 1. The van der Waals surface area contributed by atoms with E-state index in [0.717, 1.165) is 11.1 Å². The molecule has 2 aromatic carbocycles. The normalized spacial score (nSPS) is 11.0. The topological polar surface area (TPSA) is 173 Å². The number of nitrogens with zero attached hydrogens (tertiary/aromatic N) is 4. The van der Waals surface area contributed by atoms with Gasteiger partial charge in [-0.2, -0.15) is 15.5 Å². The number of hydrogen-bond donors (Lipinski definition) is 3. The zero-order chi connectivity index (χ0) is 28.2. The second kappa shape index (κ2) is 11.2. The van der Waals surface area contributed by atoms with Crippen LogP contribution in [-0.4, -0.2) is 55.6 Å². The van der Waals surface area contributed by atoms with Gasteiger partial charge in [-0.15, -0.1) is 0 Å². The van der Waals surface area contributed by atoms with E-state index >= 15 is 0 Å². The lowest BCUT2D eigenvalue weighted by Gasteiger charge is -2.14. The minimum atomic E-state index is -4.17. The van der Waals surface area contributed by atoms with Gasteiger partial charge in [0.05, 0.1) is 45.0 Å². The summed E-state index contributed by atoms with van der Waals surface area (Å²) in [5.41, 5.74) is 1.88. The van der Waals surface area contributed by atoms with Crippen LogP contribution in [0.1, 0.15) is 11.1 Å². The second-order valence-electron chi connectivity index (χ2n) is 8.21. The van der Waals surface area contributed by atoms with E-state index in [4.69, 9.17) is 19.5 Å². The molecule has 13 nitrogen and oxygen atoms in total. The van der Waals surface area contributed by atoms with Crippen LogP contribution >= 0.6 is 0 Å². The first kappa shape index (κ1) is 27.0. The molecule has 2 aromatic heterocycles. The zero-order valence-electron chi connectivity index (χ0n) is 21.3. The van der Waals surface area contributed by atoms with Crippen LogP contribution in [-0.2, 0) is 27.9 Å². The molecular formula is C25H25N7O6S. The molecule has 0 bridgehead atoms. The number of fused-ring (bicyclic) bond motifs is 1. The van der Waals surface area contributed by atoms with E-state index in [9.17, 15) is 13.2 Å². The molecule has 0 radical (unpaired) electrons. The summed E-state index contributed by atoms with van der Waals surface area (Å²) in [6, 6.07) is 9.90. The van der Waals surface area contributed by atoms with E-state index in [-0.39, 0.29) is 34.3 Å². The van der Waals surface area contributed by atoms with Crippen LogP contribution in [0.25, 0.3) is 10.9 Å². The van der Waals surface area contributed by atoms with Crippen LogP contribution < -0.4 is 24.2 Å². The fourth-order valence-electron chi connectivity index (χ4n) is 3.87. The zero-order valence-corrected chi connectivity index (χ0v) is 22.1. The van der Waals surface area contributed by atoms with Crippen LogP contribution in [0.2, 0.25) is 0 Å². The van der Waals surface area contributed by atoms with Crippen molar-refractivity contribution in [1.82, 2.24) is 25.3 Å². The number of nitrogens with one attached hydrogen (secondary N) is 3. The Bertz CT molecular complexity index is 1680. The third kappa shape index (κ3) is 5.63. The highest BCUT2D eigenvalue weighted by Gasteiger charge is 2.27. The Morgan fingerprint density at radius 3 is 2.46 bits per heavy atom. The smallest absolute Gasteiger partial charge is 0.270 e. The maximum absolute atomic E-state index is 13.3. The van der Waals surface area contributed by atoms with Crippen LogP contribution in [0.5, 0.6) is 17.2 Å². The highest BCUT2D eigenvalue weighted by molar-refractivity contribution is 7.93. The van der Waals surface area contributed by atoms with E-state index in [0.29, 0.717) is 23.2 Å². The fraction of sp³-hybridized carbons (Fsp3) is 0.200. The van der Waals surface area contributed by atoms with Crippen molar-refractivity contribution >= 4 is 32.7 Å². The lowest BCUT2D eigenvalue weighted by Crippen LogP contribution is -2.23. The number of H-pyrrole nitrogens is 1. The van der Waals surface area contributed by atoms with Gasteiger partial charge in [0.2, 0.25) is 0 Å². The molecule has 14 heteroatoms. The van der Waals surface area contributed by atoms with Crippen molar-refractivity contribution in [2.24, 2.45) is 0 Å². The number of methoxy groups -OCH3 is 3. The number of sulfonamides is 1. The Labute approximate surface area is 224 Å². The first-order valence-corrected chi connectivity index (χ1v) is 12.9. The molecule has 0 aliphatic heterocycles. The van der Waals surface area contributed by atoms with Gasteiger partial charge >= 0.3 is 0 Å². The first-order valence-electron chi connectivity index (χ1n) is 11.4. The summed E-state index contributed by atoms with van der Waals surface area (Å²) in [7, 11) is 0.0394. The van der Waals surface area contributed by atoms with Crippen LogP contribution in [0.15, 0.2) is 59.8 Å². The van der Waals surface area contributed by atoms with Crippen LogP contribution in [0, 0.1) is 11.3 Å². The van der Waals surface area contributed by atoms with Crippen molar-refractivity contribution in [1.29, 1.82) is 5.26 Å². The molecule has 2 heterocycles. The number of carbonyl (C=O) groups is 1. The molecule has 0 saturated heterocycles. The summed E-state index contributed by atoms with van der Waals surface area (Å²) < 4.78 is 46.9. The maximum Gasteiger partial charge on any atom is 0.270 e. The molecule has 0 atom stereocenters. The molecule has 0 fully saturated rings. The van der Waals surface area contributed by atoms with Gasteiger partial charge in [-0.1, -0.05) is 12.6 Å². The van der Waals surface area contributed by atoms with Gasteiger partial charge in [0.15, 0.2) is 10.7 Å². The maximum atomic E-state index is 13.3. The number of amides is 1. The van der Waals surface area contributed by atoms with Crippen LogP contribution in [0.3, 0.4) is 0 Å². The molecule has 0 aliphatic carbocycles. The number of hydrogen-bond acceptors (Lipinski definition) is 9. The van der Waals surface area contributed by atoms with Crippen molar-refractivity contribution in [2.45, 2.75) is 18.0 Å². The Kier molecular flexibility index (Phi) is 7.73. The molecule has 0 unspecified atom stereocenters. The van der Waals surface area contributed by atoms with E-state index < -0.39 is 15.9 Å². The number of ether oxygens (including phenoxy) is 3. The molecule has 0 spiro atoms. The fourth-order valence-corrected chi connectivity index (χ4v) is 5.21. The summed E-state index contributed by atoms with van der Waals surface area (Å²) in [5, 5.41) is 23.1. The molecule has 3 N–H and O–H groups in total. The Morgan fingerprint density at radius 2 is 1.82 bits per heavy atom. The van der Waals surface area contributed by atoms with Crippen LogP contribution in [0.4, 0.5) is 5.82 Å². The van der Waals surface area contributed by atoms with Gasteiger partial charge in [0.25, 0.3) is 15.9 Å². The van der Waals surface area contributed by atoms with Gasteiger partial charge in [-0.05, 0) is 29.8 Å². The highest BCUT2D eigenvalue weighted by Crippen LogP contribution is 2.37. The molecule has 4 rings (SSSR count). The summed E-state index contributed by atoms with van der Waals surface area (Å²) in [6.45, 7) is 3.91. The number of nitriles is 1. The molecular weight excluding hydrogens is 526 g/mol. The number of rotatable bonds is 11. The standard InChI is InChI=1S/C25H25N7O6S/c1-15(10-26)25(33)27-11-17-12-28-32(14-17)13-16-8-18-22(21(9-16)38-4)24(30-29-18)31-39(34,35)23-19(36-2)6-5-7-20(23)37-3/h5-9,12,14H,1,11,13H2,2-4H3,(H,27,33)(H2,29,30,31). The monoisotopic (exact) mass is 551 g/mol. The second-order valence-corrected chi connectivity index (χ2v) is 9.83. The number of benzene rings is 2. The van der Waals surface area contributed by atoms with Crippen molar-refractivity contribution in [2.75, 3.05) is 26.1 Å². The van der Waals surface area contributed by atoms with Crippen molar-refractivity contribution in [3.63, 3.8) is 0 Å². The minimum absolute atomic E-state index is 0.0393. The summed E-state index contributed by atoms with van der Waals surface area (Å²) in [4.78, 5) is 11.6. The van der Waals surface area contributed by atoms with E-state index in [1.54, 1.807) is 41.3 Å². The summed E-state index contributed by atoms with van der Waals surface area (Å²) >= 11 is 0. The molecule has 202 valence electrons. The SMILES string of the molecule is C=C(C#N)C(=O)NCc1cnn(Cc2cc(OC)c3c(NS(=O)(=O)c4c(OC)cccc4OC)n[nH]c3c2)c1. The average molecular weight is 552 g/mol. The van der Waals surface area contributed by atoms with E-state index in [1.165, 1.54) is 33.5 Å². The minimum Gasteiger partial charge on any atom is -0.496 e. The molecule has 0 saturated carbocycles. The Balaban J connectivity index is 1.59. The van der Waals surface area contributed by atoms with Crippen molar-refractivity contribution in [3.8, 4) is 23.3 Å². The average Bonchev–Trinajstić information content (AvgIpc) is 3.56. The number of anilines is 1. The Hall–Kier alpha value is -5.03. The summed E-state index contributed by atoms with van der Waals surface area (Å²) in [6.07, 6.45) is 3.35. The summed E-state index contributed by atoms with van der Waals surface area (Å²) in [5.74, 6) is 0.108. The Morgan fingerprint density at radius 1 is 1.13 bits per heavy atom. The van der Waals surface area contributed by atoms with Gasteiger partial charge in [0.1, 0.15) is 28.9 Å².